The van der Waals surface area contributed by atoms with Gasteiger partial charge in [-0.3, -0.25) is 4.68 Å². The molecule has 0 aromatic carbocycles. The molecule has 0 amide bonds. The Morgan fingerprint density at radius 1 is 1.38 bits per heavy atom. The molecule has 0 aliphatic carbocycles. The van der Waals surface area contributed by atoms with Crippen molar-refractivity contribution in [1.29, 1.82) is 0 Å². The van der Waals surface area contributed by atoms with Crippen molar-refractivity contribution in [3.05, 3.63) is 18.0 Å². The molecule has 2 N–H and O–H groups in total. The lowest BCUT2D eigenvalue weighted by Crippen LogP contribution is -2.54. The van der Waals surface area contributed by atoms with Crippen molar-refractivity contribution >= 4 is 0 Å². The minimum atomic E-state index is -0.267. The van der Waals surface area contributed by atoms with E-state index in [1.54, 1.807) is 7.11 Å². The standard InChI is InChI=1S/C16H29N3O2/c1-4-14(5-2)19-9-6-13(18-19)12-15(17)16(20-3)7-10-21-11-8-16/h6,9,14-15H,4-5,7-8,10-12,17H2,1-3H3. The van der Waals surface area contributed by atoms with Crippen molar-refractivity contribution in [2.45, 2.75) is 63.6 Å². The Balaban J connectivity index is 2.03. The van der Waals surface area contributed by atoms with Gasteiger partial charge in [0.05, 0.1) is 17.3 Å². The summed E-state index contributed by atoms with van der Waals surface area (Å²) in [5.74, 6) is 0. The Morgan fingerprint density at radius 3 is 2.62 bits per heavy atom. The lowest BCUT2D eigenvalue weighted by atomic mass is 9.84. The molecule has 1 atom stereocenters. The molecule has 1 aliphatic rings. The molecule has 0 spiro atoms. The maximum absolute atomic E-state index is 6.45. The van der Waals surface area contributed by atoms with Crippen molar-refractivity contribution < 1.29 is 9.47 Å². The molecule has 2 rings (SSSR count). The highest BCUT2D eigenvalue weighted by Gasteiger charge is 2.38. The number of aromatic nitrogens is 2. The van der Waals surface area contributed by atoms with Crippen LogP contribution in [0.2, 0.25) is 0 Å². The van der Waals surface area contributed by atoms with Crippen LogP contribution in [0.3, 0.4) is 0 Å². The van der Waals surface area contributed by atoms with E-state index in [-0.39, 0.29) is 11.6 Å². The summed E-state index contributed by atoms with van der Waals surface area (Å²) < 4.78 is 13.3. The summed E-state index contributed by atoms with van der Waals surface area (Å²) in [7, 11) is 1.76. The maximum Gasteiger partial charge on any atom is 0.0876 e. The zero-order chi connectivity index (χ0) is 15.3. The smallest absolute Gasteiger partial charge is 0.0876 e. The summed E-state index contributed by atoms with van der Waals surface area (Å²) in [6, 6.07) is 2.52. The number of nitrogens with two attached hydrogens (primary N) is 1. The van der Waals surface area contributed by atoms with Gasteiger partial charge in [-0.15, -0.1) is 0 Å². The molecule has 1 aromatic rings. The van der Waals surface area contributed by atoms with Crippen LogP contribution in [0.1, 0.15) is 51.3 Å². The van der Waals surface area contributed by atoms with Gasteiger partial charge in [-0.25, -0.2) is 0 Å². The van der Waals surface area contributed by atoms with Crippen molar-refractivity contribution in [1.82, 2.24) is 9.78 Å². The lowest BCUT2D eigenvalue weighted by Gasteiger charge is -2.40. The van der Waals surface area contributed by atoms with Crippen LogP contribution < -0.4 is 5.73 Å². The number of hydrogen-bond acceptors (Lipinski definition) is 4. The van der Waals surface area contributed by atoms with Crippen molar-refractivity contribution in [2.24, 2.45) is 5.73 Å². The van der Waals surface area contributed by atoms with E-state index in [2.05, 4.69) is 30.8 Å². The number of nitrogens with zero attached hydrogens (tertiary/aromatic N) is 2. The van der Waals surface area contributed by atoms with Crippen molar-refractivity contribution in [3.63, 3.8) is 0 Å². The monoisotopic (exact) mass is 295 g/mol. The largest absolute Gasteiger partial charge is 0.381 e. The molecule has 21 heavy (non-hydrogen) atoms. The molecule has 120 valence electrons. The van der Waals surface area contributed by atoms with Gasteiger partial charge in [-0.1, -0.05) is 13.8 Å². The van der Waals surface area contributed by atoms with Gasteiger partial charge >= 0.3 is 0 Å². The van der Waals surface area contributed by atoms with Gasteiger partial charge < -0.3 is 15.2 Å². The number of hydrogen-bond donors (Lipinski definition) is 1. The predicted molar refractivity (Wildman–Crippen MR) is 83.3 cm³/mol. The van der Waals surface area contributed by atoms with E-state index in [0.717, 1.165) is 51.0 Å². The molecule has 5 heteroatoms. The number of methoxy groups -OCH3 is 1. The van der Waals surface area contributed by atoms with E-state index in [4.69, 9.17) is 20.3 Å². The van der Waals surface area contributed by atoms with Gasteiger partial charge in [0.2, 0.25) is 0 Å². The molecule has 2 heterocycles. The highest BCUT2D eigenvalue weighted by molar-refractivity contribution is 5.06. The average molecular weight is 295 g/mol. The van der Waals surface area contributed by atoms with Crippen LogP contribution in [0.4, 0.5) is 0 Å². The highest BCUT2D eigenvalue weighted by atomic mass is 16.5. The minimum Gasteiger partial charge on any atom is -0.381 e. The van der Waals surface area contributed by atoms with Gasteiger partial charge in [-0.2, -0.15) is 5.10 Å². The maximum atomic E-state index is 6.45. The van der Waals surface area contributed by atoms with Gasteiger partial charge in [-0.05, 0) is 18.9 Å². The SMILES string of the molecule is CCC(CC)n1ccc(CC(N)C2(OC)CCOCC2)n1. The van der Waals surface area contributed by atoms with Crippen LogP contribution in [-0.2, 0) is 15.9 Å². The average Bonchev–Trinajstić information content (AvgIpc) is 2.97. The molecular formula is C16H29N3O2. The molecule has 1 aliphatic heterocycles. The van der Waals surface area contributed by atoms with Crippen LogP contribution in [0.25, 0.3) is 0 Å². The van der Waals surface area contributed by atoms with Crippen LogP contribution in [0, 0.1) is 0 Å². The zero-order valence-corrected chi connectivity index (χ0v) is 13.5. The van der Waals surface area contributed by atoms with Crippen LogP contribution in [0.5, 0.6) is 0 Å². The normalized spacial score (nSPS) is 19.9. The Hall–Kier alpha value is -0.910. The van der Waals surface area contributed by atoms with Crippen LogP contribution in [-0.4, -0.2) is 41.7 Å². The zero-order valence-electron chi connectivity index (χ0n) is 13.5. The van der Waals surface area contributed by atoms with Gasteiger partial charge in [0.1, 0.15) is 0 Å². The quantitative estimate of drug-likeness (QED) is 0.838. The summed E-state index contributed by atoms with van der Waals surface area (Å²) in [5.41, 5.74) is 7.23. The molecule has 1 saturated heterocycles. The van der Waals surface area contributed by atoms with E-state index in [1.165, 1.54) is 0 Å². The third kappa shape index (κ3) is 3.65. The van der Waals surface area contributed by atoms with Crippen molar-refractivity contribution in [2.75, 3.05) is 20.3 Å². The fourth-order valence-electron chi connectivity index (χ4n) is 3.21. The molecule has 0 radical (unpaired) electrons. The molecule has 1 aromatic heterocycles. The van der Waals surface area contributed by atoms with Crippen molar-refractivity contribution in [3.8, 4) is 0 Å². The Kier molecular flexibility index (Phi) is 5.79. The van der Waals surface area contributed by atoms with E-state index in [0.29, 0.717) is 6.04 Å². The summed E-state index contributed by atoms with van der Waals surface area (Å²) in [6.07, 6.45) is 6.74. The van der Waals surface area contributed by atoms with E-state index in [1.807, 2.05) is 0 Å². The first-order valence-electron chi connectivity index (χ1n) is 8.07. The second kappa shape index (κ2) is 7.38. The Labute approximate surface area is 127 Å². The highest BCUT2D eigenvalue weighted by Crippen LogP contribution is 2.29. The van der Waals surface area contributed by atoms with Crippen LogP contribution in [0.15, 0.2) is 12.3 Å². The van der Waals surface area contributed by atoms with Gasteiger partial charge in [0.25, 0.3) is 0 Å². The third-order valence-corrected chi connectivity index (χ3v) is 4.83. The summed E-state index contributed by atoms with van der Waals surface area (Å²) in [5, 5.41) is 4.70. The fraction of sp³-hybridized carbons (Fsp3) is 0.812. The summed E-state index contributed by atoms with van der Waals surface area (Å²) in [4.78, 5) is 0. The fourth-order valence-corrected chi connectivity index (χ4v) is 3.21. The minimum absolute atomic E-state index is 0.0450. The number of ether oxygens (including phenoxy) is 2. The van der Waals surface area contributed by atoms with Gasteiger partial charge in [0, 0.05) is 51.8 Å². The van der Waals surface area contributed by atoms with E-state index >= 15 is 0 Å². The first-order valence-corrected chi connectivity index (χ1v) is 8.07. The molecular weight excluding hydrogens is 266 g/mol. The summed E-state index contributed by atoms with van der Waals surface area (Å²) in [6.45, 7) is 5.85. The third-order valence-electron chi connectivity index (χ3n) is 4.83. The van der Waals surface area contributed by atoms with E-state index < -0.39 is 0 Å². The van der Waals surface area contributed by atoms with Crippen LogP contribution >= 0.6 is 0 Å². The molecule has 0 saturated carbocycles. The van der Waals surface area contributed by atoms with Gasteiger partial charge in [0.15, 0.2) is 0 Å². The lowest BCUT2D eigenvalue weighted by molar-refractivity contribution is -0.103. The predicted octanol–water partition coefficient (Wildman–Crippen LogP) is 2.31. The summed E-state index contributed by atoms with van der Waals surface area (Å²) >= 11 is 0. The second-order valence-corrected chi connectivity index (χ2v) is 5.95. The molecule has 5 nitrogen and oxygen atoms in total. The topological polar surface area (TPSA) is 62.3 Å². The molecule has 0 bridgehead atoms. The Bertz CT molecular complexity index is 423. The Morgan fingerprint density at radius 2 is 2.05 bits per heavy atom. The van der Waals surface area contributed by atoms with E-state index in [9.17, 15) is 0 Å². The first kappa shape index (κ1) is 16.5. The molecule has 1 fully saturated rings. The number of rotatable bonds is 7. The second-order valence-electron chi connectivity index (χ2n) is 5.95. The first-order chi connectivity index (χ1) is 10.1. The molecule has 1 unspecified atom stereocenters.